The van der Waals surface area contributed by atoms with Crippen LogP contribution in [0.3, 0.4) is 0 Å². The lowest BCUT2D eigenvalue weighted by molar-refractivity contribution is -0.140. The number of methoxy groups -OCH3 is 1. The number of benzene rings is 2. The molecule has 6 heteroatoms. The zero-order valence-electron chi connectivity index (χ0n) is 15.2. The Morgan fingerprint density at radius 2 is 1.92 bits per heavy atom. The number of carbonyl (C=O) groups is 1. The minimum absolute atomic E-state index is 0.00683. The van der Waals surface area contributed by atoms with Crippen molar-refractivity contribution >= 4 is 17.6 Å². The third-order valence-electron chi connectivity index (χ3n) is 4.03. The van der Waals surface area contributed by atoms with Gasteiger partial charge in [-0.25, -0.2) is 0 Å². The van der Waals surface area contributed by atoms with Crippen molar-refractivity contribution in [1.82, 2.24) is 5.32 Å². The molecule has 140 valence electrons. The number of rotatable bonds is 9. The molecule has 5 nitrogen and oxygen atoms in total. The maximum Gasteiger partial charge on any atom is 0.320 e. The Balaban J connectivity index is 2.05. The standard InChI is InChI=1S/C20H24ClNO4/c1-13(2)19(20(23)24)22-11-14-8-9-17(18(10-14)25-3)26-12-15-6-4-5-7-16(15)21/h4-10,13,19,22H,11-12H2,1-3H3,(H,23,24). The molecule has 2 N–H and O–H groups in total. The molecule has 0 heterocycles. The van der Waals surface area contributed by atoms with Gasteiger partial charge in [-0.1, -0.05) is 49.7 Å². The molecule has 0 spiro atoms. The Labute approximate surface area is 158 Å². The van der Waals surface area contributed by atoms with Crippen LogP contribution >= 0.6 is 11.6 Å². The van der Waals surface area contributed by atoms with E-state index in [1.54, 1.807) is 7.11 Å². The minimum atomic E-state index is -0.855. The highest BCUT2D eigenvalue weighted by Crippen LogP contribution is 2.29. The van der Waals surface area contributed by atoms with E-state index in [4.69, 9.17) is 21.1 Å². The predicted molar refractivity (Wildman–Crippen MR) is 102 cm³/mol. The Kier molecular flexibility index (Phi) is 7.30. The maximum atomic E-state index is 11.3. The Morgan fingerprint density at radius 1 is 1.19 bits per heavy atom. The van der Waals surface area contributed by atoms with Crippen LogP contribution in [0.15, 0.2) is 42.5 Å². The molecule has 0 aliphatic heterocycles. The van der Waals surface area contributed by atoms with Gasteiger partial charge in [-0.3, -0.25) is 4.79 Å². The SMILES string of the molecule is COc1cc(CNC(C(=O)O)C(C)C)ccc1OCc1ccccc1Cl. The summed E-state index contributed by atoms with van der Waals surface area (Å²) in [5, 5.41) is 13.0. The number of aliphatic carboxylic acids is 1. The van der Waals surface area contributed by atoms with Gasteiger partial charge in [0.05, 0.1) is 7.11 Å². The highest BCUT2D eigenvalue weighted by molar-refractivity contribution is 6.31. The maximum absolute atomic E-state index is 11.3. The van der Waals surface area contributed by atoms with Crippen LogP contribution in [-0.2, 0) is 17.9 Å². The number of halogens is 1. The van der Waals surface area contributed by atoms with Crippen molar-refractivity contribution in [1.29, 1.82) is 0 Å². The molecule has 0 aromatic heterocycles. The van der Waals surface area contributed by atoms with E-state index in [0.29, 0.717) is 29.7 Å². The molecule has 2 aromatic carbocycles. The van der Waals surface area contributed by atoms with Gasteiger partial charge in [0.1, 0.15) is 12.6 Å². The molecular formula is C20H24ClNO4. The summed E-state index contributed by atoms with van der Waals surface area (Å²) in [7, 11) is 1.57. The third kappa shape index (κ3) is 5.38. The number of carboxylic acid groups (broad SMARTS) is 1. The third-order valence-corrected chi connectivity index (χ3v) is 4.40. The van der Waals surface area contributed by atoms with Gasteiger partial charge in [-0.15, -0.1) is 0 Å². The van der Waals surface area contributed by atoms with Crippen molar-refractivity contribution in [3.8, 4) is 11.5 Å². The first-order valence-electron chi connectivity index (χ1n) is 8.41. The van der Waals surface area contributed by atoms with E-state index in [1.807, 2.05) is 56.3 Å². The highest BCUT2D eigenvalue weighted by Gasteiger charge is 2.20. The first-order chi connectivity index (χ1) is 12.4. The van der Waals surface area contributed by atoms with Gasteiger partial charge in [0.2, 0.25) is 0 Å². The fourth-order valence-corrected chi connectivity index (χ4v) is 2.74. The number of hydrogen-bond acceptors (Lipinski definition) is 4. The van der Waals surface area contributed by atoms with Crippen molar-refractivity contribution in [2.45, 2.75) is 33.0 Å². The normalized spacial score (nSPS) is 12.0. The molecule has 1 atom stereocenters. The van der Waals surface area contributed by atoms with Crippen LogP contribution in [-0.4, -0.2) is 24.2 Å². The lowest BCUT2D eigenvalue weighted by Crippen LogP contribution is -2.40. The number of carboxylic acids is 1. The van der Waals surface area contributed by atoms with Gasteiger partial charge in [0.15, 0.2) is 11.5 Å². The summed E-state index contributed by atoms with van der Waals surface area (Å²) < 4.78 is 11.2. The fraction of sp³-hybridized carbons (Fsp3) is 0.350. The van der Waals surface area contributed by atoms with Gasteiger partial charge in [0.25, 0.3) is 0 Å². The molecule has 0 saturated heterocycles. The molecule has 2 rings (SSSR count). The van der Waals surface area contributed by atoms with Gasteiger partial charge >= 0.3 is 5.97 Å². The quantitative estimate of drug-likeness (QED) is 0.687. The molecule has 0 amide bonds. The molecule has 0 fully saturated rings. The van der Waals surface area contributed by atoms with Gasteiger partial charge in [-0.2, -0.15) is 0 Å². The number of hydrogen-bond donors (Lipinski definition) is 2. The van der Waals surface area contributed by atoms with Gasteiger partial charge in [0, 0.05) is 17.1 Å². The Bertz CT molecular complexity index is 748. The van der Waals surface area contributed by atoms with E-state index in [-0.39, 0.29) is 5.92 Å². The van der Waals surface area contributed by atoms with E-state index in [0.717, 1.165) is 11.1 Å². The number of nitrogens with one attached hydrogen (secondary N) is 1. The summed E-state index contributed by atoms with van der Waals surface area (Å²) >= 11 is 6.14. The Morgan fingerprint density at radius 3 is 2.54 bits per heavy atom. The summed E-state index contributed by atoms with van der Waals surface area (Å²) in [5.74, 6) is 0.335. The molecule has 0 bridgehead atoms. The molecule has 0 aliphatic rings. The minimum Gasteiger partial charge on any atom is -0.493 e. The van der Waals surface area contributed by atoms with Crippen molar-refractivity contribution in [3.63, 3.8) is 0 Å². The molecule has 26 heavy (non-hydrogen) atoms. The zero-order valence-corrected chi connectivity index (χ0v) is 15.9. The van der Waals surface area contributed by atoms with Gasteiger partial charge < -0.3 is 19.9 Å². The lowest BCUT2D eigenvalue weighted by Gasteiger charge is -2.18. The van der Waals surface area contributed by atoms with Crippen LogP contribution in [0, 0.1) is 5.92 Å². The fourth-order valence-electron chi connectivity index (χ4n) is 2.55. The van der Waals surface area contributed by atoms with Crippen LogP contribution in [0.1, 0.15) is 25.0 Å². The first-order valence-corrected chi connectivity index (χ1v) is 8.79. The Hall–Kier alpha value is -2.24. The molecule has 0 radical (unpaired) electrons. The van der Waals surface area contributed by atoms with Crippen molar-refractivity contribution in [3.05, 3.63) is 58.6 Å². The lowest BCUT2D eigenvalue weighted by atomic mass is 10.0. The summed E-state index contributed by atoms with van der Waals surface area (Å²) in [6.45, 7) is 4.51. The molecule has 0 saturated carbocycles. The second kappa shape index (κ2) is 9.46. The van der Waals surface area contributed by atoms with E-state index >= 15 is 0 Å². The molecular weight excluding hydrogens is 354 g/mol. The monoisotopic (exact) mass is 377 g/mol. The van der Waals surface area contributed by atoms with Crippen molar-refractivity contribution < 1.29 is 19.4 Å². The van der Waals surface area contributed by atoms with Crippen LogP contribution in [0.2, 0.25) is 5.02 Å². The van der Waals surface area contributed by atoms with Crippen LogP contribution < -0.4 is 14.8 Å². The van der Waals surface area contributed by atoms with E-state index in [2.05, 4.69) is 5.32 Å². The summed E-state index contributed by atoms with van der Waals surface area (Å²) in [4.78, 5) is 11.3. The predicted octanol–water partition coefficient (Wildman–Crippen LogP) is 4.13. The molecule has 1 unspecified atom stereocenters. The van der Waals surface area contributed by atoms with E-state index < -0.39 is 12.0 Å². The van der Waals surface area contributed by atoms with Crippen LogP contribution in [0.25, 0.3) is 0 Å². The number of ether oxygens (including phenoxy) is 2. The van der Waals surface area contributed by atoms with E-state index in [9.17, 15) is 9.90 Å². The second-order valence-electron chi connectivity index (χ2n) is 6.31. The van der Waals surface area contributed by atoms with Crippen LogP contribution in [0.5, 0.6) is 11.5 Å². The molecule has 2 aromatic rings. The largest absolute Gasteiger partial charge is 0.493 e. The average Bonchev–Trinajstić information content (AvgIpc) is 2.61. The summed E-state index contributed by atoms with van der Waals surface area (Å²) in [6.07, 6.45) is 0. The summed E-state index contributed by atoms with van der Waals surface area (Å²) in [6, 6.07) is 12.4. The summed E-state index contributed by atoms with van der Waals surface area (Å²) in [5.41, 5.74) is 1.81. The highest BCUT2D eigenvalue weighted by atomic mass is 35.5. The van der Waals surface area contributed by atoms with Crippen molar-refractivity contribution in [2.75, 3.05) is 7.11 Å². The zero-order chi connectivity index (χ0) is 19.1. The smallest absolute Gasteiger partial charge is 0.320 e. The topological polar surface area (TPSA) is 67.8 Å². The average molecular weight is 378 g/mol. The van der Waals surface area contributed by atoms with Gasteiger partial charge in [-0.05, 0) is 29.7 Å². The molecule has 0 aliphatic carbocycles. The van der Waals surface area contributed by atoms with Crippen LogP contribution in [0.4, 0.5) is 0 Å². The van der Waals surface area contributed by atoms with Crippen molar-refractivity contribution in [2.24, 2.45) is 5.92 Å². The first kappa shape index (κ1) is 20.1. The second-order valence-corrected chi connectivity index (χ2v) is 6.71. The van der Waals surface area contributed by atoms with E-state index in [1.165, 1.54) is 0 Å².